The van der Waals surface area contributed by atoms with Gasteiger partial charge in [-0.25, -0.2) is 8.42 Å². The molecule has 0 radical (unpaired) electrons. The predicted molar refractivity (Wildman–Crippen MR) is 88.2 cm³/mol. The Labute approximate surface area is 134 Å². The van der Waals surface area contributed by atoms with Crippen molar-refractivity contribution in [2.45, 2.75) is 63.9 Å². The molecule has 0 amide bonds. The zero-order valence-electron chi connectivity index (χ0n) is 13.8. The molecular formula is C15H27ClN2O2S. The lowest BCUT2D eigenvalue weighted by atomic mass is 10.1. The molecule has 0 aliphatic rings. The molecule has 1 aromatic heterocycles. The Morgan fingerprint density at radius 1 is 1.24 bits per heavy atom. The lowest BCUT2D eigenvalue weighted by molar-refractivity contribution is 0.338. The first-order chi connectivity index (χ1) is 9.61. The third kappa shape index (κ3) is 4.24. The molecule has 0 saturated carbocycles. The first-order valence-electron chi connectivity index (χ1n) is 7.36. The van der Waals surface area contributed by atoms with Gasteiger partial charge in [0.2, 0.25) is 10.0 Å². The third-order valence-corrected chi connectivity index (χ3v) is 5.92. The molecule has 21 heavy (non-hydrogen) atoms. The summed E-state index contributed by atoms with van der Waals surface area (Å²) in [4.78, 5) is 0.324. The quantitative estimate of drug-likeness (QED) is 0.710. The normalized spacial score (nSPS) is 14.4. The minimum absolute atomic E-state index is 0.0307. The van der Waals surface area contributed by atoms with Crippen molar-refractivity contribution >= 4 is 21.6 Å². The Hall–Kier alpha value is -0.520. The number of sulfonamides is 1. The minimum atomic E-state index is -3.48. The molecule has 1 atom stereocenters. The van der Waals surface area contributed by atoms with Crippen LogP contribution in [0.4, 0.5) is 0 Å². The number of hydrogen-bond acceptors (Lipinski definition) is 2. The van der Waals surface area contributed by atoms with E-state index in [1.54, 1.807) is 19.3 Å². The van der Waals surface area contributed by atoms with Crippen LogP contribution >= 0.6 is 11.6 Å². The highest BCUT2D eigenvalue weighted by Gasteiger charge is 2.27. The molecule has 0 aliphatic carbocycles. The van der Waals surface area contributed by atoms with Gasteiger partial charge in [0.1, 0.15) is 4.90 Å². The van der Waals surface area contributed by atoms with E-state index in [1.807, 2.05) is 25.3 Å². The van der Waals surface area contributed by atoms with E-state index in [4.69, 9.17) is 11.6 Å². The van der Waals surface area contributed by atoms with Gasteiger partial charge in [0.25, 0.3) is 0 Å². The molecule has 1 aromatic rings. The van der Waals surface area contributed by atoms with E-state index in [0.717, 1.165) is 12.1 Å². The van der Waals surface area contributed by atoms with Crippen LogP contribution in [0.5, 0.6) is 0 Å². The van der Waals surface area contributed by atoms with Crippen molar-refractivity contribution in [2.24, 2.45) is 5.92 Å². The van der Waals surface area contributed by atoms with E-state index in [2.05, 4.69) is 13.8 Å². The maximum Gasteiger partial charge on any atom is 0.244 e. The summed E-state index contributed by atoms with van der Waals surface area (Å²) in [5, 5.41) is 0. The van der Waals surface area contributed by atoms with E-state index in [-0.39, 0.29) is 12.1 Å². The van der Waals surface area contributed by atoms with Crippen molar-refractivity contribution < 1.29 is 8.42 Å². The number of rotatable bonds is 7. The van der Waals surface area contributed by atoms with Crippen LogP contribution in [-0.2, 0) is 15.9 Å². The summed E-state index contributed by atoms with van der Waals surface area (Å²) in [5.41, 5.74) is 0.829. The summed E-state index contributed by atoms with van der Waals surface area (Å²) < 4.78 is 28.8. The Balaban J connectivity index is 3.13. The Bertz CT molecular complexity index is 564. The summed E-state index contributed by atoms with van der Waals surface area (Å²) in [5.74, 6) is 0.759. The topological polar surface area (TPSA) is 42.3 Å². The fourth-order valence-corrected chi connectivity index (χ4v) is 4.10. The predicted octanol–water partition coefficient (Wildman–Crippen LogP) is 3.86. The molecule has 1 heterocycles. The summed E-state index contributed by atoms with van der Waals surface area (Å²) in [6, 6.07) is 1.83. The van der Waals surface area contributed by atoms with Crippen molar-refractivity contribution in [1.29, 1.82) is 0 Å². The molecule has 1 unspecified atom stereocenters. The SMILES string of the molecule is CC(C)CC(C)N(C)S(=O)(=O)c1cc(CCl)n(C(C)C)c1. The van der Waals surface area contributed by atoms with E-state index in [0.29, 0.717) is 16.7 Å². The van der Waals surface area contributed by atoms with Crippen LogP contribution in [0.25, 0.3) is 0 Å². The second kappa shape index (κ2) is 7.16. The van der Waals surface area contributed by atoms with Crippen molar-refractivity contribution in [2.75, 3.05) is 7.05 Å². The standard InChI is InChI=1S/C15H27ClN2O2S/c1-11(2)7-13(5)17(6)21(19,20)15-8-14(9-16)18(10-15)12(3)4/h8,10-13H,7,9H2,1-6H3. The second-order valence-corrected chi connectivity index (χ2v) is 8.57. The second-order valence-electron chi connectivity index (χ2n) is 6.30. The lowest BCUT2D eigenvalue weighted by Crippen LogP contribution is -2.35. The maximum atomic E-state index is 12.7. The molecule has 0 aliphatic heterocycles. The molecule has 0 aromatic carbocycles. The molecule has 122 valence electrons. The summed E-state index contributed by atoms with van der Waals surface area (Å²) in [6.45, 7) is 10.2. The van der Waals surface area contributed by atoms with Gasteiger partial charge in [-0.1, -0.05) is 13.8 Å². The molecule has 0 bridgehead atoms. The van der Waals surface area contributed by atoms with Gasteiger partial charge in [-0.05, 0) is 39.2 Å². The average molecular weight is 335 g/mol. The summed E-state index contributed by atoms with van der Waals surface area (Å²) in [7, 11) is -1.83. The van der Waals surface area contributed by atoms with Gasteiger partial charge in [0.15, 0.2) is 0 Å². The van der Waals surface area contributed by atoms with Crippen molar-refractivity contribution in [3.63, 3.8) is 0 Å². The lowest BCUT2D eigenvalue weighted by Gasteiger charge is -2.25. The van der Waals surface area contributed by atoms with Crippen LogP contribution in [0, 0.1) is 5.92 Å². The van der Waals surface area contributed by atoms with E-state index in [1.165, 1.54) is 4.31 Å². The van der Waals surface area contributed by atoms with Gasteiger partial charge in [-0.3, -0.25) is 0 Å². The van der Waals surface area contributed by atoms with Crippen LogP contribution < -0.4 is 0 Å². The van der Waals surface area contributed by atoms with Gasteiger partial charge in [0.05, 0.1) is 5.88 Å². The van der Waals surface area contributed by atoms with Crippen LogP contribution in [0.1, 0.15) is 52.8 Å². The maximum absolute atomic E-state index is 12.7. The van der Waals surface area contributed by atoms with Crippen LogP contribution in [0.2, 0.25) is 0 Å². The molecule has 6 heteroatoms. The Kier molecular flexibility index (Phi) is 6.32. The molecule has 0 spiro atoms. The van der Waals surface area contributed by atoms with Crippen LogP contribution in [0.3, 0.4) is 0 Å². The molecule has 1 rings (SSSR count). The number of alkyl halides is 1. The van der Waals surface area contributed by atoms with E-state index in [9.17, 15) is 8.42 Å². The molecule has 0 N–H and O–H groups in total. The first kappa shape index (κ1) is 18.5. The molecule has 0 saturated heterocycles. The van der Waals surface area contributed by atoms with Crippen LogP contribution in [0.15, 0.2) is 17.2 Å². The average Bonchev–Trinajstić information content (AvgIpc) is 2.81. The number of nitrogens with zero attached hydrogens (tertiary/aromatic N) is 2. The summed E-state index contributed by atoms with van der Waals surface area (Å²) in [6.07, 6.45) is 2.53. The van der Waals surface area contributed by atoms with Crippen molar-refractivity contribution in [3.8, 4) is 0 Å². The summed E-state index contributed by atoms with van der Waals surface area (Å²) >= 11 is 5.92. The molecule has 0 fully saturated rings. The van der Waals surface area contributed by atoms with Gasteiger partial charge in [-0.15, -0.1) is 11.6 Å². The highest BCUT2D eigenvalue weighted by molar-refractivity contribution is 7.89. The highest BCUT2D eigenvalue weighted by atomic mass is 35.5. The van der Waals surface area contributed by atoms with Gasteiger partial charge >= 0.3 is 0 Å². The highest BCUT2D eigenvalue weighted by Crippen LogP contribution is 2.24. The number of halogens is 1. The fourth-order valence-electron chi connectivity index (χ4n) is 2.46. The zero-order valence-corrected chi connectivity index (χ0v) is 15.4. The zero-order chi connectivity index (χ0) is 16.4. The molecular weight excluding hydrogens is 308 g/mol. The first-order valence-corrected chi connectivity index (χ1v) is 9.33. The minimum Gasteiger partial charge on any atom is -0.346 e. The van der Waals surface area contributed by atoms with Gasteiger partial charge < -0.3 is 4.57 Å². The van der Waals surface area contributed by atoms with Crippen molar-refractivity contribution in [1.82, 2.24) is 8.87 Å². The Morgan fingerprint density at radius 3 is 2.19 bits per heavy atom. The van der Waals surface area contributed by atoms with Crippen molar-refractivity contribution in [3.05, 3.63) is 18.0 Å². The Morgan fingerprint density at radius 2 is 1.81 bits per heavy atom. The van der Waals surface area contributed by atoms with Gasteiger partial charge in [0, 0.05) is 31.0 Å². The van der Waals surface area contributed by atoms with Crippen LogP contribution in [-0.4, -0.2) is 30.4 Å². The number of aromatic nitrogens is 1. The van der Waals surface area contributed by atoms with E-state index >= 15 is 0 Å². The monoisotopic (exact) mass is 334 g/mol. The fraction of sp³-hybridized carbons (Fsp3) is 0.733. The number of hydrogen-bond donors (Lipinski definition) is 0. The molecule has 4 nitrogen and oxygen atoms in total. The van der Waals surface area contributed by atoms with Gasteiger partial charge in [-0.2, -0.15) is 4.31 Å². The third-order valence-electron chi connectivity index (χ3n) is 3.71. The smallest absolute Gasteiger partial charge is 0.244 e. The largest absolute Gasteiger partial charge is 0.346 e. The van der Waals surface area contributed by atoms with E-state index < -0.39 is 10.0 Å².